The highest BCUT2D eigenvalue weighted by molar-refractivity contribution is 6.02. The first-order chi connectivity index (χ1) is 9.56. The smallest absolute Gasteiger partial charge is 0.159 e. The number of fused-ring (bicyclic) bond motifs is 1. The number of Topliss-reactive ketones (excluding diaryl/α,β-unsaturated/α-hetero) is 1. The van der Waals surface area contributed by atoms with Gasteiger partial charge in [-0.25, -0.2) is 4.39 Å². The molecule has 0 amide bonds. The van der Waals surface area contributed by atoms with Gasteiger partial charge in [0.15, 0.2) is 5.78 Å². The van der Waals surface area contributed by atoms with E-state index < -0.39 is 0 Å². The Kier molecular flexibility index (Phi) is 2.90. The first-order valence-electron chi connectivity index (χ1n) is 6.42. The van der Waals surface area contributed by atoms with E-state index in [1.54, 1.807) is 19.1 Å². The summed E-state index contributed by atoms with van der Waals surface area (Å²) >= 11 is 0. The maximum Gasteiger partial charge on any atom is 0.159 e. The fourth-order valence-corrected chi connectivity index (χ4v) is 2.46. The molecule has 1 heterocycles. The zero-order chi connectivity index (χ0) is 14.3. The van der Waals surface area contributed by atoms with Gasteiger partial charge in [0.25, 0.3) is 0 Å². The summed E-state index contributed by atoms with van der Waals surface area (Å²) < 4.78 is 15.0. The predicted octanol–water partition coefficient (Wildman–Crippen LogP) is 4.19. The minimum absolute atomic E-state index is 0.0523. The summed E-state index contributed by atoms with van der Waals surface area (Å²) in [7, 11) is 1.94. The third-order valence-electron chi connectivity index (χ3n) is 3.55. The van der Waals surface area contributed by atoms with Gasteiger partial charge in [-0.1, -0.05) is 24.3 Å². The predicted molar refractivity (Wildman–Crippen MR) is 78.3 cm³/mol. The molecule has 2 nitrogen and oxygen atoms in total. The standard InChI is InChI=1S/C17H14FNO/c1-11(20)13-5-8-15-16(10-19(2)17(15)9-13)12-3-6-14(18)7-4-12/h3-10H,1-2H3. The average Bonchev–Trinajstić information content (AvgIpc) is 2.76. The van der Waals surface area contributed by atoms with Gasteiger partial charge >= 0.3 is 0 Å². The number of carbonyl (C=O) groups is 1. The number of halogens is 1. The average molecular weight is 267 g/mol. The van der Waals surface area contributed by atoms with Gasteiger partial charge in [-0.3, -0.25) is 4.79 Å². The van der Waals surface area contributed by atoms with Crippen molar-refractivity contribution >= 4 is 16.7 Å². The van der Waals surface area contributed by atoms with Crippen molar-refractivity contribution in [1.82, 2.24) is 4.57 Å². The first kappa shape index (κ1) is 12.6. The van der Waals surface area contributed by atoms with Gasteiger partial charge < -0.3 is 4.57 Å². The molecule has 0 N–H and O–H groups in total. The van der Waals surface area contributed by atoms with Crippen LogP contribution in [-0.4, -0.2) is 10.4 Å². The molecule has 3 heteroatoms. The molecule has 0 saturated heterocycles. The monoisotopic (exact) mass is 267 g/mol. The summed E-state index contributed by atoms with van der Waals surface area (Å²) in [6.45, 7) is 1.56. The van der Waals surface area contributed by atoms with Crippen molar-refractivity contribution in [2.75, 3.05) is 0 Å². The van der Waals surface area contributed by atoms with E-state index in [1.807, 2.05) is 36.0 Å². The SMILES string of the molecule is CC(=O)c1ccc2c(-c3ccc(F)cc3)cn(C)c2c1. The minimum atomic E-state index is -0.243. The number of aromatic nitrogens is 1. The van der Waals surface area contributed by atoms with Crippen LogP contribution in [0.4, 0.5) is 4.39 Å². The van der Waals surface area contributed by atoms with E-state index in [4.69, 9.17) is 0 Å². The summed E-state index contributed by atoms with van der Waals surface area (Å²) in [6.07, 6.45) is 2.00. The number of carbonyl (C=O) groups excluding carboxylic acids is 1. The van der Waals surface area contributed by atoms with E-state index in [1.165, 1.54) is 12.1 Å². The molecule has 0 spiro atoms. The number of aryl methyl sites for hydroxylation is 1. The molecule has 0 bridgehead atoms. The molecule has 0 saturated carbocycles. The number of hydrogen-bond donors (Lipinski definition) is 0. The fraction of sp³-hybridized carbons (Fsp3) is 0.118. The van der Waals surface area contributed by atoms with Crippen molar-refractivity contribution in [1.29, 1.82) is 0 Å². The normalized spacial score (nSPS) is 10.9. The lowest BCUT2D eigenvalue weighted by molar-refractivity contribution is 0.101. The van der Waals surface area contributed by atoms with Gasteiger partial charge in [0.2, 0.25) is 0 Å². The van der Waals surface area contributed by atoms with Crippen molar-refractivity contribution in [2.24, 2.45) is 7.05 Å². The molecular weight excluding hydrogens is 253 g/mol. The first-order valence-corrected chi connectivity index (χ1v) is 6.42. The van der Waals surface area contributed by atoms with Crippen LogP contribution in [0, 0.1) is 5.82 Å². The summed E-state index contributed by atoms with van der Waals surface area (Å²) in [4.78, 5) is 11.5. The fourth-order valence-electron chi connectivity index (χ4n) is 2.46. The molecule has 0 radical (unpaired) electrons. The molecule has 0 atom stereocenters. The number of ketones is 1. The third kappa shape index (κ3) is 2.01. The number of benzene rings is 2. The Morgan fingerprint density at radius 3 is 2.45 bits per heavy atom. The van der Waals surface area contributed by atoms with E-state index in [9.17, 15) is 9.18 Å². The van der Waals surface area contributed by atoms with E-state index in [2.05, 4.69) is 0 Å². The van der Waals surface area contributed by atoms with E-state index >= 15 is 0 Å². The lowest BCUT2D eigenvalue weighted by atomic mass is 10.0. The molecule has 0 aliphatic heterocycles. The Balaban J connectivity index is 2.22. The van der Waals surface area contributed by atoms with Crippen LogP contribution in [0.2, 0.25) is 0 Å². The van der Waals surface area contributed by atoms with E-state index in [-0.39, 0.29) is 11.6 Å². The molecule has 3 aromatic rings. The number of hydrogen-bond acceptors (Lipinski definition) is 1. The van der Waals surface area contributed by atoms with Gasteiger partial charge in [-0.15, -0.1) is 0 Å². The Bertz CT molecular complexity index is 800. The van der Waals surface area contributed by atoms with Gasteiger partial charge in [-0.2, -0.15) is 0 Å². The van der Waals surface area contributed by atoms with Crippen molar-refractivity contribution in [3.63, 3.8) is 0 Å². The molecule has 0 fully saturated rings. The Morgan fingerprint density at radius 1 is 1.10 bits per heavy atom. The molecule has 1 aromatic heterocycles. The highest BCUT2D eigenvalue weighted by atomic mass is 19.1. The highest BCUT2D eigenvalue weighted by Gasteiger charge is 2.10. The van der Waals surface area contributed by atoms with Crippen molar-refractivity contribution in [3.05, 3.63) is 60.0 Å². The van der Waals surface area contributed by atoms with Crippen molar-refractivity contribution in [3.8, 4) is 11.1 Å². The van der Waals surface area contributed by atoms with Crippen LogP contribution in [-0.2, 0) is 7.05 Å². The molecule has 0 unspecified atom stereocenters. The third-order valence-corrected chi connectivity index (χ3v) is 3.55. The zero-order valence-electron chi connectivity index (χ0n) is 11.4. The second kappa shape index (κ2) is 4.60. The quantitative estimate of drug-likeness (QED) is 0.638. The largest absolute Gasteiger partial charge is 0.350 e. The van der Waals surface area contributed by atoms with Crippen LogP contribution in [0.3, 0.4) is 0 Å². The Morgan fingerprint density at radius 2 is 1.80 bits per heavy atom. The van der Waals surface area contributed by atoms with Crippen LogP contribution < -0.4 is 0 Å². The zero-order valence-corrected chi connectivity index (χ0v) is 11.4. The number of nitrogens with zero attached hydrogens (tertiary/aromatic N) is 1. The van der Waals surface area contributed by atoms with Gasteiger partial charge in [0.1, 0.15) is 5.82 Å². The molecule has 0 aliphatic rings. The van der Waals surface area contributed by atoms with Gasteiger partial charge in [0, 0.05) is 35.3 Å². The highest BCUT2D eigenvalue weighted by Crippen LogP contribution is 2.30. The van der Waals surface area contributed by atoms with Crippen LogP contribution in [0.15, 0.2) is 48.7 Å². The molecule has 100 valence electrons. The summed E-state index contributed by atoms with van der Waals surface area (Å²) in [5.74, 6) is -0.190. The van der Waals surface area contributed by atoms with Crippen LogP contribution in [0.1, 0.15) is 17.3 Å². The van der Waals surface area contributed by atoms with Gasteiger partial charge in [-0.05, 0) is 30.7 Å². The topological polar surface area (TPSA) is 22.0 Å². The molecule has 3 rings (SSSR count). The molecule has 20 heavy (non-hydrogen) atoms. The van der Waals surface area contributed by atoms with Crippen molar-refractivity contribution in [2.45, 2.75) is 6.92 Å². The van der Waals surface area contributed by atoms with Gasteiger partial charge in [0.05, 0.1) is 0 Å². The second-order valence-corrected chi connectivity index (χ2v) is 4.95. The van der Waals surface area contributed by atoms with E-state index in [0.717, 1.165) is 22.0 Å². The maximum atomic E-state index is 13.0. The lowest BCUT2D eigenvalue weighted by Crippen LogP contribution is -1.92. The van der Waals surface area contributed by atoms with E-state index in [0.29, 0.717) is 5.56 Å². The van der Waals surface area contributed by atoms with Crippen LogP contribution in [0.5, 0.6) is 0 Å². The minimum Gasteiger partial charge on any atom is -0.350 e. The maximum absolute atomic E-state index is 13.0. The summed E-state index contributed by atoms with van der Waals surface area (Å²) in [6, 6.07) is 12.1. The Hall–Kier alpha value is -2.42. The van der Waals surface area contributed by atoms with Crippen LogP contribution >= 0.6 is 0 Å². The molecule has 0 aliphatic carbocycles. The van der Waals surface area contributed by atoms with Crippen LogP contribution in [0.25, 0.3) is 22.0 Å². The summed E-state index contributed by atoms with van der Waals surface area (Å²) in [5.41, 5.74) is 3.70. The van der Waals surface area contributed by atoms with Crippen molar-refractivity contribution < 1.29 is 9.18 Å². The Labute approximate surface area is 116 Å². The number of rotatable bonds is 2. The lowest BCUT2D eigenvalue weighted by Gasteiger charge is -2.01. The molecule has 2 aromatic carbocycles. The second-order valence-electron chi connectivity index (χ2n) is 4.95. The molecular formula is C17H14FNO. The summed E-state index contributed by atoms with van der Waals surface area (Å²) in [5, 5.41) is 1.06.